The summed E-state index contributed by atoms with van der Waals surface area (Å²) in [5, 5.41) is 3.08. The summed E-state index contributed by atoms with van der Waals surface area (Å²) in [6.07, 6.45) is 4.75. The maximum atomic E-state index is 12.4. The second-order valence-electron chi connectivity index (χ2n) is 7.24. The lowest BCUT2D eigenvalue weighted by molar-refractivity contribution is 0.0845. The Morgan fingerprint density at radius 3 is 2.85 bits per heavy atom. The first-order chi connectivity index (χ1) is 13.2. The van der Waals surface area contributed by atoms with Gasteiger partial charge in [-0.25, -0.2) is 15.0 Å². The van der Waals surface area contributed by atoms with Crippen molar-refractivity contribution < 1.29 is 9.53 Å². The first-order valence-electron chi connectivity index (χ1n) is 9.59. The lowest BCUT2D eigenvalue weighted by atomic mass is 9.96. The molecule has 2 aromatic rings. The van der Waals surface area contributed by atoms with E-state index in [1.54, 1.807) is 6.07 Å². The van der Waals surface area contributed by atoms with Crippen molar-refractivity contribution in [3.63, 3.8) is 0 Å². The zero-order valence-corrected chi connectivity index (χ0v) is 15.6. The average molecular weight is 367 g/mol. The van der Waals surface area contributed by atoms with Crippen LogP contribution in [0.4, 0.5) is 5.95 Å². The number of nitrogens with one attached hydrogen (secondary N) is 1. The summed E-state index contributed by atoms with van der Waals surface area (Å²) < 4.78 is 5.45. The Bertz CT molecular complexity index is 806. The molecule has 2 aliphatic rings. The van der Waals surface area contributed by atoms with Crippen LogP contribution in [-0.4, -0.2) is 53.2 Å². The third-order valence-corrected chi connectivity index (χ3v) is 5.23. The van der Waals surface area contributed by atoms with Crippen LogP contribution in [0.25, 0.3) is 0 Å². The molecule has 2 aliphatic heterocycles. The number of carbonyl (C=O) groups excluding carboxylic acids is 1. The van der Waals surface area contributed by atoms with E-state index in [4.69, 9.17) is 9.72 Å². The molecule has 2 saturated heterocycles. The van der Waals surface area contributed by atoms with Crippen LogP contribution in [-0.2, 0) is 4.74 Å². The number of amides is 1. The smallest absolute Gasteiger partial charge is 0.270 e. The molecule has 0 bridgehead atoms. The molecule has 2 aromatic heterocycles. The zero-order chi connectivity index (χ0) is 18.6. The Kier molecular flexibility index (Phi) is 5.29. The molecule has 142 valence electrons. The van der Waals surface area contributed by atoms with Crippen molar-refractivity contribution in [1.82, 2.24) is 20.3 Å². The number of carbonyl (C=O) groups is 1. The van der Waals surface area contributed by atoms with Gasteiger partial charge in [-0.15, -0.1) is 0 Å². The third-order valence-electron chi connectivity index (χ3n) is 5.23. The van der Waals surface area contributed by atoms with Crippen LogP contribution in [0.15, 0.2) is 30.5 Å². The fourth-order valence-electron chi connectivity index (χ4n) is 3.72. The number of ether oxygens (including phenoxy) is 1. The molecule has 0 saturated carbocycles. The van der Waals surface area contributed by atoms with Gasteiger partial charge in [0, 0.05) is 55.8 Å². The molecule has 2 fully saturated rings. The second kappa shape index (κ2) is 8.00. The normalized spacial score (nSPS) is 20.6. The highest BCUT2D eigenvalue weighted by Crippen LogP contribution is 2.26. The van der Waals surface area contributed by atoms with E-state index in [0.29, 0.717) is 11.6 Å². The molecular weight excluding hydrogens is 342 g/mol. The molecule has 0 radical (unpaired) electrons. The van der Waals surface area contributed by atoms with Gasteiger partial charge in [0.05, 0.1) is 0 Å². The van der Waals surface area contributed by atoms with Gasteiger partial charge < -0.3 is 15.0 Å². The van der Waals surface area contributed by atoms with Crippen LogP contribution in [0.5, 0.6) is 0 Å². The maximum Gasteiger partial charge on any atom is 0.270 e. The van der Waals surface area contributed by atoms with Crippen molar-refractivity contribution in [3.8, 4) is 0 Å². The first kappa shape index (κ1) is 17.9. The SMILES string of the molecule is Cc1cccc(C(=O)NC2CCN(c3nccc(C4CCOCC4)n3)C2)n1. The Morgan fingerprint density at radius 1 is 1.19 bits per heavy atom. The number of hydrogen-bond acceptors (Lipinski definition) is 6. The van der Waals surface area contributed by atoms with E-state index in [1.807, 2.05) is 31.3 Å². The predicted molar refractivity (Wildman–Crippen MR) is 102 cm³/mol. The van der Waals surface area contributed by atoms with Gasteiger partial charge >= 0.3 is 0 Å². The summed E-state index contributed by atoms with van der Waals surface area (Å²) >= 11 is 0. The highest BCUT2D eigenvalue weighted by atomic mass is 16.5. The molecule has 0 aromatic carbocycles. The van der Waals surface area contributed by atoms with Gasteiger partial charge in [-0.3, -0.25) is 4.79 Å². The number of aryl methyl sites for hydroxylation is 1. The molecule has 4 rings (SSSR count). The summed E-state index contributed by atoms with van der Waals surface area (Å²) in [7, 11) is 0. The Labute approximate surface area is 159 Å². The van der Waals surface area contributed by atoms with Crippen LogP contribution in [0.3, 0.4) is 0 Å². The first-order valence-corrected chi connectivity index (χ1v) is 9.59. The van der Waals surface area contributed by atoms with Crippen molar-refractivity contribution >= 4 is 11.9 Å². The molecule has 7 nitrogen and oxygen atoms in total. The summed E-state index contributed by atoms with van der Waals surface area (Å²) in [5.74, 6) is 1.08. The number of pyridine rings is 1. The van der Waals surface area contributed by atoms with Gasteiger partial charge in [-0.05, 0) is 44.4 Å². The quantitative estimate of drug-likeness (QED) is 0.891. The van der Waals surface area contributed by atoms with E-state index < -0.39 is 0 Å². The molecule has 1 unspecified atom stereocenters. The lowest BCUT2D eigenvalue weighted by Crippen LogP contribution is -2.37. The standard InChI is InChI=1S/C20H25N5O2/c1-14-3-2-4-18(22-14)19(26)23-16-6-10-25(13-16)20-21-9-5-17(24-20)15-7-11-27-12-8-15/h2-5,9,15-16H,6-8,10-13H2,1H3,(H,23,26). The van der Waals surface area contributed by atoms with E-state index >= 15 is 0 Å². The summed E-state index contributed by atoms with van der Waals surface area (Å²) in [6, 6.07) is 7.58. The largest absolute Gasteiger partial charge is 0.381 e. The molecule has 0 spiro atoms. The number of rotatable bonds is 4. The molecule has 7 heteroatoms. The number of hydrogen-bond donors (Lipinski definition) is 1. The zero-order valence-electron chi connectivity index (χ0n) is 15.6. The van der Waals surface area contributed by atoms with E-state index in [1.165, 1.54) is 0 Å². The average Bonchev–Trinajstić information content (AvgIpc) is 3.17. The molecular formula is C20H25N5O2. The molecule has 1 atom stereocenters. The highest BCUT2D eigenvalue weighted by molar-refractivity contribution is 5.92. The van der Waals surface area contributed by atoms with Crippen LogP contribution >= 0.6 is 0 Å². The van der Waals surface area contributed by atoms with E-state index in [9.17, 15) is 4.79 Å². The van der Waals surface area contributed by atoms with Crippen molar-refractivity contribution in [2.75, 3.05) is 31.2 Å². The van der Waals surface area contributed by atoms with Crippen molar-refractivity contribution in [2.24, 2.45) is 0 Å². The van der Waals surface area contributed by atoms with E-state index in [2.05, 4.69) is 20.2 Å². The number of nitrogens with zero attached hydrogens (tertiary/aromatic N) is 4. The minimum Gasteiger partial charge on any atom is -0.381 e. The lowest BCUT2D eigenvalue weighted by Gasteiger charge is -2.23. The van der Waals surface area contributed by atoms with Crippen LogP contribution < -0.4 is 10.2 Å². The van der Waals surface area contributed by atoms with Gasteiger partial charge in [-0.1, -0.05) is 6.07 Å². The maximum absolute atomic E-state index is 12.4. The number of anilines is 1. The third kappa shape index (κ3) is 4.24. The predicted octanol–water partition coefficient (Wildman–Crippen LogP) is 2.08. The van der Waals surface area contributed by atoms with Crippen molar-refractivity contribution in [2.45, 2.75) is 38.1 Å². The van der Waals surface area contributed by atoms with Crippen molar-refractivity contribution in [1.29, 1.82) is 0 Å². The fourth-order valence-corrected chi connectivity index (χ4v) is 3.72. The van der Waals surface area contributed by atoms with Gasteiger partial charge in [0.1, 0.15) is 5.69 Å². The minimum atomic E-state index is -0.123. The Hall–Kier alpha value is -2.54. The minimum absolute atomic E-state index is 0.0788. The van der Waals surface area contributed by atoms with Crippen LogP contribution in [0, 0.1) is 6.92 Å². The van der Waals surface area contributed by atoms with Gasteiger partial charge in [0.15, 0.2) is 0 Å². The molecule has 0 aliphatic carbocycles. The summed E-state index contributed by atoms with van der Waals surface area (Å²) in [4.78, 5) is 28.1. The van der Waals surface area contributed by atoms with Crippen LogP contribution in [0.1, 0.15) is 47.1 Å². The molecule has 27 heavy (non-hydrogen) atoms. The van der Waals surface area contributed by atoms with Gasteiger partial charge in [0.2, 0.25) is 5.95 Å². The molecule has 1 N–H and O–H groups in total. The summed E-state index contributed by atoms with van der Waals surface area (Å²) in [6.45, 7) is 5.04. The van der Waals surface area contributed by atoms with Gasteiger partial charge in [0.25, 0.3) is 5.91 Å². The highest BCUT2D eigenvalue weighted by Gasteiger charge is 2.27. The van der Waals surface area contributed by atoms with E-state index in [0.717, 1.165) is 62.9 Å². The fraction of sp³-hybridized carbons (Fsp3) is 0.500. The molecule has 4 heterocycles. The Balaban J connectivity index is 1.38. The number of aromatic nitrogens is 3. The van der Waals surface area contributed by atoms with Crippen molar-refractivity contribution in [3.05, 3.63) is 47.5 Å². The molecule has 1 amide bonds. The van der Waals surface area contributed by atoms with Gasteiger partial charge in [-0.2, -0.15) is 0 Å². The van der Waals surface area contributed by atoms with E-state index in [-0.39, 0.29) is 11.9 Å². The topological polar surface area (TPSA) is 80.2 Å². The second-order valence-corrected chi connectivity index (χ2v) is 7.24. The Morgan fingerprint density at radius 2 is 2.04 bits per heavy atom. The van der Waals surface area contributed by atoms with Crippen LogP contribution in [0.2, 0.25) is 0 Å². The monoisotopic (exact) mass is 367 g/mol. The summed E-state index contributed by atoms with van der Waals surface area (Å²) in [5.41, 5.74) is 2.40.